The summed E-state index contributed by atoms with van der Waals surface area (Å²) in [6.45, 7) is 3.49. The maximum Gasteiger partial charge on any atom is 0.279 e. The minimum atomic E-state index is -0.538. The number of rotatable bonds is 2. The molecule has 2 rings (SSSR count). The van der Waals surface area contributed by atoms with Crippen LogP contribution in [0.2, 0.25) is 0 Å². The van der Waals surface area contributed by atoms with E-state index < -0.39 is 17.6 Å². The van der Waals surface area contributed by atoms with Crippen LogP contribution >= 0.6 is 0 Å². The highest BCUT2D eigenvalue weighted by atomic mass is 16.3. The highest BCUT2D eigenvalue weighted by Gasteiger charge is 2.26. The van der Waals surface area contributed by atoms with Crippen molar-refractivity contribution in [1.29, 1.82) is 0 Å². The fourth-order valence-electron chi connectivity index (χ4n) is 2.81. The van der Waals surface area contributed by atoms with E-state index in [1.807, 2.05) is 0 Å². The molecule has 1 aliphatic carbocycles. The topological polar surface area (TPSA) is 84.2 Å². The summed E-state index contributed by atoms with van der Waals surface area (Å²) in [6, 6.07) is -0.280. The van der Waals surface area contributed by atoms with Gasteiger partial charge in [-0.2, -0.15) is 5.10 Å². The Bertz CT molecular complexity index is 595. The largest absolute Gasteiger partial charge is 0.391 e. The Kier molecular flexibility index (Phi) is 4.77. The van der Waals surface area contributed by atoms with Gasteiger partial charge < -0.3 is 10.4 Å². The number of carbonyl (C=O) groups excluding carboxylic acids is 1. The minimum absolute atomic E-state index is 0.126. The van der Waals surface area contributed by atoms with Gasteiger partial charge in [-0.15, -0.1) is 0 Å². The van der Waals surface area contributed by atoms with Crippen LogP contribution in [0, 0.1) is 13.8 Å². The maximum absolute atomic E-state index is 12.5. The molecule has 0 spiro atoms. The SMILES string of the molecule is Cc1nn(C)c(=O)c(C(=O)NC2CCCCCC2O)c1C. The molecule has 2 N–H and O–H groups in total. The molecule has 116 valence electrons. The molecule has 6 heteroatoms. The summed E-state index contributed by atoms with van der Waals surface area (Å²) in [6.07, 6.45) is 3.92. The lowest BCUT2D eigenvalue weighted by atomic mass is 10.0. The zero-order chi connectivity index (χ0) is 15.6. The molecule has 1 amide bonds. The molecular weight excluding hydrogens is 270 g/mol. The second kappa shape index (κ2) is 6.39. The number of nitrogens with one attached hydrogen (secondary N) is 1. The third-order valence-corrected chi connectivity index (χ3v) is 4.25. The van der Waals surface area contributed by atoms with Gasteiger partial charge in [0, 0.05) is 7.05 Å². The van der Waals surface area contributed by atoms with Gasteiger partial charge in [-0.25, -0.2) is 4.68 Å². The van der Waals surface area contributed by atoms with E-state index >= 15 is 0 Å². The highest BCUT2D eigenvalue weighted by molar-refractivity contribution is 5.95. The lowest BCUT2D eigenvalue weighted by molar-refractivity contribution is 0.0816. The summed E-state index contributed by atoms with van der Waals surface area (Å²) in [5.41, 5.74) is 0.975. The third kappa shape index (κ3) is 3.32. The van der Waals surface area contributed by atoms with E-state index in [0.717, 1.165) is 25.7 Å². The Morgan fingerprint density at radius 1 is 1.29 bits per heavy atom. The first-order valence-electron chi connectivity index (χ1n) is 7.45. The minimum Gasteiger partial charge on any atom is -0.391 e. The van der Waals surface area contributed by atoms with E-state index in [4.69, 9.17) is 0 Å². The lowest BCUT2D eigenvalue weighted by Crippen LogP contribution is -2.45. The average Bonchev–Trinajstić information content (AvgIpc) is 2.62. The number of aromatic nitrogens is 2. The first-order chi connectivity index (χ1) is 9.91. The van der Waals surface area contributed by atoms with Crippen molar-refractivity contribution in [3.8, 4) is 0 Å². The van der Waals surface area contributed by atoms with Crippen molar-refractivity contribution in [1.82, 2.24) is 15.1 Å². The van der Waals surface area contributed by atoms with Crippen molar-refractivity contribution >= 4 is 5.91 Å². The molecule has 1 aromatic rings. The number of aryl methyl sites for hydroxylation is 2. The summed E-state index contributed by atoms with van der Waals surface area (Å²) < 4.78 is 1.18. The van der Waals surface area contributed by atoms with Gasteiger partial charge in [-0.1, -0.05) is 19.3 Å². The fourth-order valence-corrected chi connectivity index (χ4v) is 2.81. The van der Waals surface area contributed by atoms with Crippen molar-refractivity contribution in [2.75, 3.05) is 0 Å². The van der Waals surface area contributed by atoms with E-state index in [1.165, 1.54) is 11.7 Å². The molecule has 21 heavy (non-hydrogen) atoms. The van der Waals surface area contributed by atoms with E-state index in [9.17, 15) is 14.7 Å². The van der Waals surface area contributed by atoms with Gasteiger partial charge >= 0.3 is 0 Å². The second-order valence-electron chi connectivity index (χ2n) is 5.80. The second-order valence-corrected chi connectivity index (χ2v) is 5.80. The maximum atomic E-state index is 12.5. The van der Waals surface area contributed by atoms with Crippen LogP contribution in [0.5, 0.6) is 0 Å². The molecule has 0 bridgehead atoms. The molecule has 1 aromatic heterocycles. The Morgan fingerprint density at radius 3 is 2.67 bits per heavy atom. The van der Waals surface area contributed by atoms with Crippen LogP contribution < -0.4 is 10.9 Å². The molecule has 1 fully saturated rings. The summed E-state index contributed by atoms with van der Waals surface area (Å²) in [7, 11) is 1.53. The first kappa shape index (κ1) is 15.7. The Labute approximate surface area is 124 Å². The number of hydrogen-bond donors (Lipinski definition) is 2. The van der Waals surface area contributed by atoms with Crippen LogP contribution in [0.3, 0.4) is 0 Å². The predicted octanol–water partition coefficient (Wildman–Crippen LogP) is 0.821. The molecule has 1 aliphatic rings. The fraction of sp³-hybridized carbons (Fsp3) is 0.667. The Balaban J connectivity index is 2.26. The van der Waals surface area contributed by atoms with Crippen LogP contribution in [0.25, 0.3) is 0 Å². The van der Waals surface area contributed by atoms with E-state index in [1.54, 1.807) is 13.8 Å². The van der Waals surface area contributed by atoms with Crippen LogP contribution in [-0.4, -0.2) is 32.9 Å². The lowest BCUT2D eigenvalue weighted by Gasteiger charge is -2.22. The van der Waals surface area contributed by atoms with E-state index in [0.29, 0.717) is 17.7 Å². The van der Waals surface area contributed by atoms with Crippen molar-refractivity contribution in [2.24, 2.45) is 7.05 Å². The standard InChI is InChI=1S/C15H23N3O3/c1-9-10(2)17-18(3)15(21)13(9)14(20)16-11-7-5-4-6-8-12(11)19/h11-12,19H,4-8H2,1-3H3,(H,16,20). The summed E-state index contributed by atoms with van der Waals surface area (Å²) in [5.74, 6) is -0.412. The summed E-state index contributed by atoms with van der Waals surface area (Å²) in [5, 5.41) is 17.0. The van der Waals surface area contributed by atoms with E-state index in [2.05, 4.69) is 10.4 Å². The van der Waals surface area contributed by atoms with Gasteiger partial charge in [-0.05, 0) is 32.3 Å². The Hall–Kier alpha value is -1.69. The molecule has 0 saturated heterocycles. The molecule has 2 unspecified atom stereocenters. The summed E-state index contributed by atoms with van der Waals surface area (Å²) >= 11 is 0. The average molecular weight is 293 g/mol. The number of aliphatic hydroxyl groups is 1. The molecule has 6 nitrogen and oxygen atoms in total. The van der Waals surface area contributed by atoms with Crippen molar-refractivity contribution in [3.63, 3.8) is 0 Å². The van der Waals surface area contributed by atoms with Crippen LogP contribution in [0.15, 0.2) is 4.79 Å². The molecular formula is C15H23N3O3. The molecule has 1 saturated carbocycles. The van der Waals surface area contributed by atoms with Crippen LogP contribution in [-0.2, 0) is 7.05 Å². The van der Waals surface area contributed by atoms with Crippen molar-refractivity contribution in [3.05, 3.63) is 27.2 Å². The van der Waals surface area contributed by atoms with Gasteiger partial charge in [0.05, 0.1) is 17.8 Å². The zero-order valence-electron chi connectivity index (χ0n) is 12.8. The quantitative estimate of drug-likeness (QED) is 0.791. The molecule has 0 aliphatic heterocycles. The number of aliphatic hydroxyl groups excluding tert-OH is 1. The molecule has 1 heterocycles. The number of amides is 1. The predicted molar refractivity (Wildman–Crippen MR) is 79.3 cm³/mol. The molecule has 2 atom stereocenters. The van der Waals surface area contributed by atoms with E-state index in [-0.39, 0.29) is 11.6 Å². The number of nitrogens with zero attached hydrogens (tertiary/aromatic N) is 2. The van der Waals surface area contributed by atoms with Gasteiger partial charge in [0.15, 0.2) is 0 Å². The zero-order valence-corrected chi connectivity index (χ0v) is 12.8. The van der Waals surface area contributed by atoms with Crippen molar-refractivity contribution in [2.45, 2.75) is 58.1 Å². The van der Waals surface area contributed by atoms with Gasteiger partial charge in [-0.3, -0.25) is 9.59 Å². The third-order valence-electron chi connectivity index (χ3n) is 4.25. The molecule has 0 radical (unpaired) electrons. The first-order valence-corrected chi connectivity index (χ1v) is 7.45. The number of carbonyl (C=O) groups is 1. The smallest absolute Gasteiger partial charge is 0.279 e. The van der Waals surface area contributed by atoms with Crippen LogP contribution in [0.4, 0.5) is 0 Å². The van der Waals surface area contributed by atoms with Gasteiger partial charge in [0.25, 0.3) is 11.5 Å². The summed E-state index contributed by atoms with van der Waals surface area (Å²) in [4.78, 5) is 24.6. The highest BCUT2D eigenvalue weighted by Crippen LogP contribution is 2.18. The van der Waals surface area contributed by atoms with Crippen molar-refractivity contribution < 1.29 is 9.90 Å². The van der Waals surface area contributed by atoms with Gasteiger partial charge in [0.2, 0.25) is 0 Å². The Morgan fingerprint density at radius 2 is 1.95 bits per heavy atom. The molecule has 0 aromatic carbocycles. The van der Waals surface area contributed by atoms with Crippen LogP contribution in [0.1, 0.15) is 53.7 Å². The van der Waals surface area contributed by atoms with Gasteiger partial charge in [0.1, 0.15) is 5.56 Å². The normalized spacial score (nSPS) is 22.7. The monoisotopic (exact) mass is 293 g/mol. The number of hydrogen-bond acceptors (Lipinski definition) is 4.